The number of aliphatic carboxylic acids is 1. The second-order valence-corrected chi connectivity index (χ2v) is 7.22. The largest absolute Gasteiger partial charge is 0.480 e. The molecule has 3 rings (SSSR count). The minimum atomic E-state index is -0.956. The standard InChI is InChI=1S/C19H25N3O4/c1-20-17(23)12-7-8-21-15(9-12)13-10-14(13)18(24)22-16(19(25)26)11-5-3-2-4-6-11/h7-9,11,13-14,16H,2-6,10H2,1H3,(H,20,23)(H,22,24)(H,25,26)/t13?,14?,16-/m0/s1. The summed E-state index contributed by atoms with van der Waals surface area (Å²) in [5.41, 5.74) is 1.21. The lowest BCUT2D eigenvalue weighted by Crippen LogP contribution is -2.47. The first-order chi connectivity index (χ1) is 12.5. The van der Waals surface area contributed by atoms with Crippen molar-refractivity contribution in [1.29, 1.82) is 0 Å². The number of carbonyl (C=O) groups excluding carboxylic acids is 2. The first-order valence-corrected chi connectivity index (χ1v) is 9.22. The number of aromatic nitrogens is 1. The number of pyridine rings is 1. The van der Waals surface area contributed by atoms with Crippen LogP contribution in [0.2, 0.25) is 0 Å². The predicted octanol–water partition coefficient (Wildman–Crippen LogP) is 1.69. The number of hydrogen-bond donors (Lipinski definition) is 3. The van der Waals surface area contributed by atoms with E-state index >= 15 is 0 Å². The third kappa shape index (κ3) is 4.03. The third-order valence-electron chi connectivity index (χ3n) is 5.46. The highest BCUT2D eigenvalue weighted by atomic mass is 16.4. The average Bonchev–Trinajstić information content (AvgIpc) is 3.47. The fourth-order valence-corrected chi connectivity index (χ4v) is 3.86. The van der Waals surface area contributed by atoms with Gasteiger partial charge in [-0.25, -0.2) is 4.79 Å². The van der Waals surface area contributed by atoms with E-state index < -0.39 is 12.0 Å². The van der Waals surface area contributed by atoms with Crippen LogP contribution < -0.4 is 10.6 Å². The molecule has 2 fully saturated rings. The Balaban J connectivity index is 1.63. The molecule has 7 heteroatoms. The maximum atomic E-state index is 12.5. The van der Waals surface area contributed by atoms with Gasteiger partial charge in [0.05, 0.1) is 0 Å². The SMILES string of the molecule is CNC(=O)c1ccnc(C2CC2C(=O)N[C@H](C(=O)O)C2CCCCC2)c1. The summed E-state index contributed by atoms with van der Waals surface area (Å²) in [6.45, 7) is 0. The van der Waals surface area contributed by atoms with E-state index in [0.29, 0.717) is 17.7 Å². The summed E-state index contributed by atoms with van der Waals surface area (Å²) in [5, 5.41) is 14.8. The predicted molar refractivity (Wildman–Crippen MR) is 94.6 cm³/mol. The molecular formula is C19H25N3O4. The molecule has 3 atom stereocenters. The number of carboxylic acid groups (broad SMARTS) is 1. The van der Waals surface area contributed by atoms with Crippen LogP contribution in [0.25, 0.3) is 0 Å². The monoisotopic (exact) mass is 359 g/mol. The van der Waals surface area contributed by atoms with Crippen LogP contribution in [0.3, 0.4) is 0 Å². The summed E-state index contributed by atoms with van der Waals surface area (Å²) < 4.78 is 0. The fourth-order valence-electron chi connectivity index (χ4n) is 3.86. The molecule has 0 bridgehead atoms. The first kappa shape index (κ1) is 18.4. The molecule has 1 aromatic rings. The first-order valence-electron chi connectivity index (χ1n) is 9.22. The Labute approximate surface area is 152 Å². The summed E-state index contributed by atoms with van der Waals surface area (Å²) in [6.07, 6.45) is 7.07. The van der Waals surface area contributed by atoms with Crippen LogP contribution in [-0.2, 0) is 9.59 Å². The van der Waals surface area contributed by atoms with Gasteiger partial charge in [0.25, 0.3) is 5.91 Å². The zero-order valence-corrected chi connectivity index (χ0v) is 14.9. The zero-order valence-electron chi connectivity index (χ0n) is 14.9. The van der Waals surface area contributed by atoms with Crippen molar-refractivity contribution in [3.05, 3.63) is 29.6 Å². The van der Waals surface area contributed by atoms with Crippen LogP contribution in [0.4, 0.5) is 0 Å². The lowest BCUT2D eigenvalue weighted by atomic mass is 9.84. The van der Waals surface area contributed by atoms with E-state index in [1.165, 1.54) is 0 Å². The van der Waals surface area contributed by atoms with Crippen LogP contribution in [0, 0.1) is 11.8 Å². The number of hydrogen-bond acceptors (Lipinski definition) is 4. The van der Waals surface area contributed by atoms with Gasteiger partial charge in [0.15, 0.2) is 0 Å². The van der Waals surface area contributed by atoms with E-state index in [1.54, 1.807) is 25.4 Å². The Hall–Kier alpha value is -2.44. The minimum Gasteiger partial charge on any atom is -0.480 e. The van der Waals surface area contributed by atoms with Gasteiger partial charge in [-0.3, -0.25) is 14.6 Å². The van der Waals surface area contributed by atoms with E-state index in [4.69, 9.17) is 0 Å². The van der Waals surface area contributed by atoms with Gasteiger partial charge in [0, 0.05) is 36.3 Å². The van der Waals surface area contributed by atoms with Crippen molar-refractivity contribution < 1.29 is 19.5 Å². The normalized spacial score (nSPS) is 23.7. The summed E-state index contributed by atoms with van der Waals surface area (Å²) in [6, 6.07) is 2.52. The van der Waals surface area contributed by atoms with Crippen molar-refractivity contribution in [2.45, 2.75) is 50.5 Å². The van der Waals surface area contributed by atoms with E-state index in [9.17, 15) is 19.5 Å². The minimum absolute atomic E-state index is 0.0112. The van der Waals surface area contributed by atoms with Crippen molar-refractivity contribution in [3.8, 4) is 0 Å². The lowest BCUT2D eigenvalue weighted by molar-refractivity contribution is -0.144. The third-order valence-corrected chi connectivity index (χ3v) is 5.46. The van der Waals surface area contributed by atoms with Gasteiger partial charge in [-0.05, 0) is 37.3 Å². The van der Waals surface area contributed by atoms with E-state index in [0.717, 1.165) is 32.1 Å². The van der Waals surface area contributed by atoms with Crippen molar-refractivity contribution in [2.75, 3.05) is 7.05 Å². The van der Waals surface area contributed by atoms with E-state index in [1.807, 2.05) is 0 Å². The van der Waals surface area contributed by atoms with Gasteiger partial charge < -0.3 is 15.7 Å². The fraction of sp³-hybridized carbons (Fsp3) is 0.579. The van der Waals surface area contributed by atoms with Crippen molar-refractivity contribution in [3.63, 3.8) is 0 Å². The summed E-state index contributed by atoms with van der Waals surface area (Å²) in [4.78, 5) is 40.2. The molecule has 0 saturated heterocycles. The molecule has 0 radical (unpaired) electrons. The van der Waals surface area contributed by atoms with Gasteiger partial charge in [-0.2, -0.15) is 0 Å². The van der Waals surface area contributed by atoms with Gasteiger partial charge in [-0.15, -0.1) is 0 Å². The van der Waals surface area contributed by atoms with Crippen LogP contribution in [-0.4, -0.2) is 41.0 Å². The van der Waals surface area contributed by atoms with E-state index in [2.05, 4.69) is 15.6 Å². The second-order valence-electron chi connectivity index (χ2n) is 7.22. The molecule has 2 aliphatic rings. The Morgan fingerprint density at radius 1 is 1.23 bits per heavy atom. The summed E-state index contributed by atoms with van der Waals surface area (Å²) in [5.74, 6) is -1.69. The smallest absolute Gasteiger partial charge is 0.326 e. The van der Waals surface area contributed by atoms with Gasteiger partial charge in [0.2, 0.25) is 5.91 Å². The molecule has 0 aliphatic heterocycles. The number of rotatable bonds is 6. The maximum absolute atomic E-state index is 12.5. The van der Waals surface area contributed by atoms with Gasteiger partial charge in [-0.1, -0.05) is 19.3 Å². The maximum Gasteiger partial charge on any atom is 0.326 e. The molecule has 7 nitrogen and oxygen atoms in total. The van der Waals surface area contributed by atoms with Crippen molar-refractivity contribution in [1.82, 2.24) is 15.6 Å². The Morgan fingerprint density at radius 2 is 1.96 bits per heavy atom. The Bertz CT molecular complexity index is 700. The molecule has 2 unspecified atom stereocenters. The molecule has 1 heterocycles. The second kappa shape index (κ2) is 7.85. The average molecular weight is 359 g/mol. The number of carbonyl (C=O) groups is 3. The Kier molecular flexibility index (Phi) is 5.54. The molecule has 0 aromatic carbocycles. The highest BCUT2D eigenvalue weighted by Crippen LogP contribution is 2.47. The van der Waals surface area contributed by atoms with Gasteiger partial charge in [0.1, 0.15) is 6.04 Å². The van der Waals surface area contributed by atoms with Gasteiger partial charge >= 0.3 is 5.97 Å². The molecule has 0 spiro atoms. The number of nitrogens with zero attached hydrogens (tertiary/aromatic N) is 1. The van der Waals surface area contributed by atoms with Crippen LogP contribution in [0.5, 0.6) is 0 Å². The number of nitrogens with one attached hydrogen (secondary N) is 2. The zero-order chi connectivity index (χ0) is 18.7. The van der Waals surface area contributed by atoms with Crippen molar-refractivity contribution >= 4 is 17.8 Å². The molecule has 3 N–H and O–H groups in total. The molecule has 1 aromatic heterocycles. The molecule has 2 aliphatic carbocycles. The van der Waals surface area contributed by atoms with Crippen LogP contribution in [0.15, 0.2) is 18.3 Å². The molecule has 2 saturated carbocycles. The molecular weight excluding hydrogens is 334 g/mol. The summed E-state index contributed by atoms with van der Waals surface area (Å²) >= 11 is 0. The van der Waals surface area contributed by atoms with Crippen molar-refractivity contribution in [2.24, 2.45) is 11.8 Å². The quantitative estimate of drug-likeness (QED) is 0.716. The highest BCUT2D eigenvalue weighted by molar-refractivity contribution is 5.94. The molecule has 140 valence electrons. The molecule has 26 heavy (non-hydrogen) atoms. The summed E-state index contributed by atoms with van der Waals surface area (Å²) in [7, 11) is 1.56. The highest BCUT2D eigenvalue weighted by Gasteiger charge is 2.46. The lowest BCUT2D eigenvalue weighted by Gasteiger charge is -2.28. The number of carboxylic acids is 1. The van der Waals surface area contributed by atoms with Crippen LogP contribution >= 0.6 is 0 Å². The Morgan fingerprint density at radius 3 is 2.62 bits per heavy atom. The van der Waals surface area contributed by atoms with E-state index in [-0.39, 0.29) is 29.6 Å². The topological polar surface area (TPSA) is 108 Å². The number of amides is 2. The van der Waals surface area contributed by atoms with Crippen LogP contribution in [0.1, 0.15) is 60.5 Å². The molecule has 2 amide bonds.